The van der Waals surface area contributed by atoms with E-state index in [2.05, 4.69) is 4.99 Å². The number of ether oxygens (including phenoxy) is 1. The lowest BCUT2D eigenvalue weighted by Crippen LogP contribution is -1.85. The SMILES string of the molecule is C/C=C(\C=C(/C)OC)N=C(C)C. The molecule has 0 fully saturated rings. The molecule has 0 aromatic carbocycles. The summed E-state index contributed by atoms with van der Waals surface area (Å²) < 4.78 is 5.02. The lowest BCUT2D eigenvalue weighted by Gasteiger charge is -1.99. The van der Waals surface area contributed by atoms with Gasteiger partial charge in [-0.15, -0.1) is 0 Å². The fraction of sp³-hybridized carbons (Fsp3) is 0.500. The van der Waals surface area contributed by atoms with Gasteiger partial charge in [0.25, 0.3) is 0 Å². The van der Waals surface area contributed by atoms with Gasteiger partial charge in [-0.3, -0.25) is 4.99 Å². The molecule has 0 saturated carbocycles. The summed E-state index contributed by atoms with van der Waals surface area (Å²) in [5.74, 6) is 0.869. The fourth-order valence-electron chi connectivity index (χ4n) is 0.706. The Kier molecular flexibility index (Phi) is 5.09. The van der Waals surface area contributed by atoms with Crippen LogP contribution in [0.5, 0.6) is 0 Å². The van der Waals surface area contributed by atoms with E-state index in [0.717, 1.165) is 17.2 Å². The maximum atomic E-state index is 5.02. The van der Waals surface area contributed by atoms with Crippen molar-refractivity contribution in [2.45, 2.75) is 27.7 Å². The average Bonchev–Trinajstić information content (AvgIpc) is 2.02. The van der Waals surface area contributed by atoms with E-state index in [0.29, 0.717) is 0 Å². The topological polar surface area (TPSA) is 21.6 Å². The van der Waals surface area contributed by atoms with Gasteiger partial charge in [-0.25, -0.2) is 0 Å². The summed E-state index contributed by atoms with van der Waals surface area (Å²) in [5, 5.41) is 0. The second kappa shape index (κ2) is 5.58. The molecule has 2 nitrogen and oxygen atoms in total. The van der Waals surface area contributed by atoms with Crippen molar-refractivity contribution >= 4 is 5.71 Å². The van der Waals surface area contributed by atoms with Gasteiger partial charge in [0.05, 0.1) is 18.6 Å². The van der Waals surface area contributed by atoms with E-state index >= 15 is 0 Å². The maximum absolute atomic E-state index is 5.02. The minimum absolute atomic E-state index is 0.869. The first kappa shape index (κ1) is 11.0. The van der Waals surface area contributed by atoms with E-state index in [1.54, 1.807) is 7.11 Å². The Labute approximate surface area is 74.7 Å². The molecule has 0 aliphatic rings. The Morgan fingerprint density at radius 1 is 1.25 bits per heavy atom. The summed E-state index contributed by atoms with van der Waals surface area (Å²) in [6, 6.07) is 0. The zero-order chi connectivity index (χ0) is 9.56. The van der Waals surface area contributed by atoms with Crippen molar-refractivity contribution in [3.05, 3.63) is 23.6 Å². The quantitative estimate of drug-likeness (QED) is 0.360. The molecule has 68 valence electrons. The predicted octanol–water partition coefficient (Wildman–Crippen LogP) is 2.92. The predicted molar refractivity (Wildman–Crippen MR) is 53.3 cm³/mol. The lowest BCUT2D eigenvalue weighted by molar-refractivity contribution is 0.293. The molecule has 0 radical (unpaired) electrons. The van der Waals surface area contributed by atoms with Gasteiger partial charge < -0.3 is 4.74 Å². The highest BCUT2D eigenvalue weighted by Crippen LogP contribution is 2.04. The summed E-state index contributed by atoms with van der Waals surface area (Å²) in [5.41, 5.74) is 1.98. The molecule has 0 unspecified atom stereocenters. The minimum atomic E-state index is 0.869. The van der Waals surface area contributed by atoms with E-state index in [-0.39, 0.29) is 0 Å². The van der Waals surface area contributed by atoms with Crippen LogP contribution in [0.15, 0.2) is 28.6 Å². The standard InChI is InChI=1S/C10H17NO/c1-6-10(11-8(2)3)7-9(4)12-5/h6-7H,1-5H3/b9-7+,10-6+. The number of hydrogen-bond acceptors (Lipinski definition) is 2. The van der Waals surface area contributed by atoms with E-state index in [4.69, 9.17) is 4.74 Å². The van der Waals surface area contributed by atoms with E-state index in [1.807, 2.05) is 39.8 Å². The van der Waals surface area contributed by atoms with Crippen molar-refractivity contribution in [1.29, 1.82) is 0 Å². The third-order valence-electron chi connectivity index (χ3n) is 1.32. The molecule has 0 spiro atoms. The van der Waals surface area contributed by atoms with Crippen LogP contribution in [0.25, 0.3) is 0 Å². The number of aliphatic imine (C=N–C) groups is 1. The van der Waals surface area contributed by atoms with E-state index < -0.39 is 0 Å². The maximum Gasteiger partial charge on any atom is 0.0945 e. The van der Waals surface area contributed by atoms with Crippen LogP contribution >= 0.6 is 0 Å². The van der Waals surface area contributed by atoms with Gasteiger partial charge in [-0.1, -0.05) is 6.08 Å². The van der Waals surface area contributed by atoms with Gasteiger partial charge in [0.2, 0.25) is 0 Å². The molecule has 2 heteroatoms. The Bertz CT molecular complexity index is 220. The minimum Gasteiger partial charge on any atom is -0.501 e. The summed E-state index contributed by atoms with van der Waals surface area (Å²) in [6.45, 7) is 7.81. The smallest absolute Gasteiger partial charge is 0.0945 e. The van der Waals surface area contributed by atoms with Gasteiger partial charge in [0, 0.05) is 11.8 Å². The molecule has 12 heavy (non-hydrogen) atoms. The zero-order valence-corrected chi connectivity index (χ0v) is 8.51. The highest BCUT2D eigenvalue weighted by Gasteiger charge is 1.90. The van der Waals surface area contributed by atoms with Crippen LogP contribution in [-0.2, 0) is 4.74 Å². The highest BCUT2D eigenvalue weighted by molar-refractivity contribution is 5.80. The number of rotatable bonds is 3. The number of nitrogens with zero attached hydrogens (tertiary/aromatic N) is 1. The first-order chi connectivity index (χ1) is 5.60. The zero-order valence-electron chi connectivity index (χ0n) is 8.51. The lowest BCUT2D eigenvalue weighted by atomic mass is 10.3. The Hall–Kier alpha value is -1.05. The number of hydrogen-bond donors (Lipinski definition) is 0. The Morgan fingerprint density at radius 3 is 2.17 bits per heavy atom. The Morgan fingerprint density at radius 2 is 1.83 bits per heavy atom. The molecule has 0 heterocycles. The normalized spacial score (nSPS) is 12.8. The second-order valence-electron chi connectivity index (χ2n) is 2.73. The van der Waals surface area contributed by atoms with Crippen molar-refractivity contribution in [2.24, 2.45) is 4.99 Å². The van der Waals surface area contributed by atoms with Crippen LogP contribution in [0, 0.1) is 0 Å². The molecule has 0 rings (SSSR count). The van der Waals surface area contributed by atoms with Crippen LogP contribution in [0.1, 0.15) is 27.7 Å². The monoisotopic (exact) mass is 167 g/mol. The van der Waals surface area contributed by atoms with Crippen molar-refractivity contribution < 1.29 is 4.74 Å². The second-order valence-corrected chi connectivity index (χ2v) is 2.73. The largest absolute Gasteiger partial charge is 0.501 e. The van der Waals surface area contributed by atoms with Gasteiger partial charge in [0.15, 0.2) is 0 Å². The molecular formula is C10H17NO. The molecular weight excluding hydrogens is 150 g/mol. The fourth-order valence-corrected chi connectivity index (χ4v) is 0.706. The van der Waals surface area contributed by atoms with Crippen LogP contribution in [0.2, 0.25) is 0 Å². The van der Waals surface area contributed by atoms with Gasteiger partial charge in [-0.2, -0.15) is 0 Å². The van der Waals surface area contributed by atoms with Gasteiger partial charge in [-0.05, 0) is 27.7 Å². The van der Waals surface area contributed by atoms with Crippen LogP contribution in [0.3, 0.4) is 0 Å². The van der Waals surface area contributed by atoms with E-state index in [9.17, 15) is 0 Å². The summed E-state index contributed by atoms with van der Waals surface area (Å²) >= 11 is 0. The summed E-state index contributed by atoms with van der Waals surface area (Å²) in [7, 11) is 1.65. The first-order valence-electron chi connectivity index (χ1n) is 4.00. The highest BCUT2D eigenvalue weighted by atomic mass is 16.5. The van der Waals surface area contributed by atoms with Crippen LogP contribution in [-0.4, -0.2) is 12.8 Å². The third-order valence-corrected chi connectivity index (χ3v) is 1.32. The summed E-state index contributed by atoms with van der Waals surface area (Å²) in [6.07, 6.45) is 3.86. The van der Waals surface area contributed by atoms with E-state index in [1.165, 1.54) is 0 Å². The van der Waals surface area contributed by atoms with Gasteiger partial charge in [0.1, 0.15) is 0 Å². The number of methoxy groups -OCH3 is 1. The third kappa shape index (κ3) is 4.72. The van der Waals surface area contributed by atoms with Gasteiger partial charge >= 0.3 is 0 Å². The first-order valence-corrected chi connectivity index (χ1v) is 4.00. The van der Waals surface area contributed by atoms with Crippen LogP contribution < -0.4 is 0 Å². The molecule has 0 amide bonds. The number of allylic oxidation sites excluding steroid dienone is 3. The molecule has 0 bridgehead atoms. The molecule has 0 atom stereocenters. The average molecular weight is 167 g/mol. The van der Waals surface area contributed by atoms with Crippen molar-refractivity contribution in [3.63, 3.8) is 0 Å². The Balaban J connectivity index is 4.51. The summed E-state index contributed by atoms with van der Waals surface area (Å²) in [4.78, 5) is 4.30. The van der Waals surface area contributed by atoms with Crippen molar-refractivity contribution in [1.82, 2.24) is 0 Å². The molecule has 0 aliphatic carbocycles. The van der Waals surface area contributed by atoms with Crippen molar-refractivity contribution in [2.75, 3.05) is 7.11 Å². The molecule has 0 saturated heterocycles. The molecule has 0 N–H and O–H groups in total. The molecule has 0 aromatic rings. The molecule has 0 aliphatic heterocycles. The van der Waals surface area contributed by atoms with Crippen molar-refractivity contribution in [3.8, 4) is 0 Å². The van der Waals surface area contributed by atoms with Crippen LogP contribution in [0.4, 0.5) is 0 Å². The molecule has 0 aromatic heterocycles.